The van der Waals surface area contributed by atoms with Gasteiger partial charge in [0, 0.05) is 6.07 Å². The lowest BCUT2D eigenvalue weighted by Gasteiger charge is -2.06. The summed E-state index contributed by atoms with van der Waals surface area (Å²) in [7, 11) is 0. The Labute approximate surface area is 98.2 Å². The number of nitrogens with zero attached hydrogens (tertiary/aromatic N) is 2. The fourth-order valence-corrected chi connectivity index (χ4v) is 1.37. The van der Waals surface area contributed by atoms with Crippen LogP contribution in [-0.4, -0.2) is 9.97 Å². The molecule has 3 nitrogen and oxygen atoms in total. The molecule has 82 valence electrons. The lowest BCUT2D eigenvalue weighted by atomic mass is 10.3. The van der Waals surface area contributed by atoms with Crippen LogP contribution in [0.3, 0.4) is 0 Å². The quantitative estimate of drug-likeness (QED) is 0.795. The monoisotopic (exact) mass is 286 g/mol. The molecule has 0 N–H and O–H groups in total. The van der Waals surface area contributed by atoms with Crippen molar-refractivity contribution in [1.29, 1.82) is 0 Å². The Hall–Kier alpha value is -1.56. The third-order valence-corrected chi connectivity index (χ3v) is 2.37. The second kappa shape index (κ2) is 4.52. The van der Waals surface area contributed by atoms with E-state index in [0.717, 1.165) is 12.4 Å². The molecule has 0 aliphatic heterocycles. The highest BCUT2D eigenvalue weighted by molar-refractivity contribution is 9.10. The number of hydrogen-bond acceptors (Lipinski definition) is 3. The molecule has 0 unspecified atom stereocenters. The Morgan fingerprint density at radius 3 is 2.69 bits per heavy atom. The Morgan fingerprint density at radius 1 is 1.12 bits per heavy atom. The summed E-state index contributed by atoms with van der Waals surface area (Å²) >= 11 is 3.18. The maximum Gasteiger partial charge on any atom is 0.225 e. The number of halogens is 3. The number of benzene rings is 1. The minimum absolute atomic E-state index is 0.0128. The summed E-state index contributed by atoms with van der Waals surface area (Å²) in [6.07, 6.45) is 1.03. The molecular formula is C10H5BrF2N2O. The van der Waals surface area contributed by atoms with Crippen LogP contribution < -0.4 is 4.74 Å². The Bertz CT molecular complexity index is 522. The third-order valence-electron chi connectivity index (χ3n) is 1.72. The van der Waals surface area contributed by atoms with Crippen LogP contribution >= 0.6 is 15.9 Å². The van der Waals surface area contributed by atoms with Gasteiger partial charge < -0.3 is 4.74 Å². The van der Waals surface area contributed by atoms with E-state index in [9.17, 15) is 8.78 Å². The van der Waals surface area contributed by atoms with Gasteiger partial charge in [0.15, 0.2) is 0 Å². The molecule has 0 aliphatic rings. The summed E-state index contributed by atoms with van der Waals surface area (Å²) in [5.41, 5.74) is 0. The van der Waals surface area contributed by atoms with E-state index >= 15 is 0 Å². The average molecular weight is 287 g/mol. The largest absolute Gasteiger partial charge is 0.438 e. The summed E-state index contributed by atoms with van der Waals surface area (Å²) in [4.78, 5) is 6.97. The smallest absolute Gasteiger partial charge is 0.225 e. The molecule has 2 rings (SSSR count). The van der Waals surface area contributed by atoms with Crippen molar-refractivity contribution in [3.8, 4) is 11.6 Å². The first-order chi connectivity index (χ1) is 7.65. The van der Waals surface area contributed by atoms with Gasteiger partial charge in [-0.2, -0.15) is 4.39 Å². The molecule has 0 spiro atoms. The van der Waals surface area contributed by atoms with Gasteiger partial charge in [-0.15, -0.1) is 0 Å². The highest BCUT2D eigenvalue weighted by atomic mass is 79.9. The van der Waals surface area contributed by atoms with Gasteiger partial charge in [-0.3, -0.25) is 0 Å². The van der Waals surface area contributed by atoms with E-state index in [-0.39, 0.29) is 11.6 Å². The summed E-state index contributed by atoms with van der Waals surface area (Å²) < 4.78 is 31.4. The van der Waals surface area contributed by atoms with E-state index in [1.165, 1.54) is 18.2 Å². The highest BCUT2D eigenvalue weighted by Crippen LogP contribution is 2.29. The van der Waals surface area contributed by atoms with E-state index in [4.69, 9.17) is 4.74 Å². The zero-order valence-electron chi connectivity index (χ0n) is 7.82. The van der Waals surface area contributed by atoms with Gasteiger partial charge in [0.05, 0.1) is 10.5 Å². The molecule has 0 fully saturated rings. The van der Waals surface area contributed by atoms with Crippen LogP contribution in [0.4, 0.5) is 8.78 Å². The molecule has 0 bridgehead atoms. The second-order valence-electron chi connectivity index (χ2n) is 2.86. The van der Waals surface area contributed by atoms with E-state index in [1.807, 2.05) is 0 Å². The average Bonchev–Trinajstić information content (AvgIpc) is 2.24. The summed E-state index contributed by atoms with van der Waals surface area (Å²) in [5, 5.41) is 0. The number of aromatic nitrogens is 2. The van der Waals surface area contributed by atoms with Crippen LogP contribution in [0.1, 0.15) is 0 Å². The van der Waals surface area contributed by atoms with Gasteiger partial charge in [0.1, 0.15) is 17.9 Å². The molecule has 1 aromatic carbocycles. The number of rotatable bonds is 2. The lowest BCUT2D eigenvalue weighted by Crippen LogP contribution is -1.92. The van der Waals surface area contributed by atoms with E-state index in [0.29, 0.717) is 4.47 Å². The van der Waals surface area contributed by atoms with Gasteiger partial charge in [0.2, 0.25) is 11.8 Å². The molecule has 1 aromatic heterocycles. The molecule has 6 heteroatoms. The fourth-order valence-electron chi connectivity index (χ4n) is 1.04. The minimum Gasteiger partial charge on any atom is -0.438 e. The van der Waals surface area contributed by atoms with Gasteiger partial charge in [0.25, 0.3) is 0 Å². The van der Waals surface area contributed by atoms with E-state index in [2.05, 4.69) is 25.9 Å². The Balaban J connectivity index is 2.30. The lowest BCUT2D eigenvalue weighted by molar-refractivity contribution is 0.444. The Morgan fingerprint density at radius 2 is 1.94 bits per heavy atom. The fraction of sp³-hybridized carbons (Fsp3) is 0. The van der Waals surface area contributed by atoms with Crippen LogP contribution in [-0.2, 0) is 0 Å². The van der Waals surface area contributed by atoms with Crippen molar-refractivity contribution in [3.63, 3.8) is 0 Å². The first-order valence-corrected chi connectivity index (χ1v) is 5.05. The van der Waals surface area contributed by atoms with Crippen LogP contribution in [0.15, 0.2) is 35.1 Å². The predicted octanol–water partition coefficient (Wildman–Crippen LogP) is 3.31. The zero-order valence-corrected chi connectivity index (χ0v) is 9.41. The van der Waals surface area contributed by atoms with Crippen molar-refractivity contribution in [1.82, 2.24) is 9.97 Å². The first-order valence-electron chi connectivity index (χ1n) is 4.25. The van der Waals surface area contributed by atoms with Crippen molar-refractivity contribution < 1.29 is 13.5 Å². The summed E-state index contributed by atoms with van der Waals surface area (Å²) in [5.74, 6) is -0.929. The second-order valence-corrected chi connectivity index (χ2v) is 3.71. The van der Waals surface area contributed by atoms with Gasteiger partial charge >= 0.3 is 0 Å². The maximum atomic E-state index is 12.9. The molecule has 0 atom stereocenters. The molecule has 0 radical (unpaired) electrons. The van der Waals surface area contributed by atoms with Crippen molar-refractivity contribution in [2.45, 2.75) is 0 Å². The van der Waals surface area contributed by atoms with Crippen molar-refractivity contribution in [2.24, 2.45) is 0 Å². The normalized spacial score (nSPS) is 10.2. The molecule has 0 saturated carbocycles. The SMILES string of the molecule is Fc1ccc(Br)c(Oc2cc(F)ncn2)c1. The number of hydrogen-bond donors (Lipinski definition) is 0. The summed E-state index contributed by atoms with van der Waals surface area (Å²) in [6, 6.07) is 4.95. The van der Waals surface area contributed by atoms with Crippen LogP contribution in [0.5, 0.6) is 11.6 Å². The molecule has 2 aromatic rings. The predicted molar refractivity (Wildman–Crippen MR) is 56.2 cm³/mol. The van der Waals surface area contributed by atoms with Gasteiger partial charge in [-0.25, -0.2) is 14.4 Å². The highest BCUT2D eigenvalue weighted by Gasteiger charge is 2.06. The molecule has 0 aliphatic carbocycles. The third kappa shape index (κ3) is 2.52. The van der Waals surface area contributed by atoms with Crippen LogP contribution in [0.25, 0.3) is 0 Å². The molecule has 1 heterocycles. The minimum atomic E-state index is -0.711. The topological polar surface area (TPSA) is 35.0 Å². The van der Waals surface area contributed by atoms with Crippen LogP contribution in [0, 0.1) is 11.8 Å². The maximum absolute atomic E-state index is 12.9. The molecular weight excluding hydrogens is 282 g/mol. The summed E-state index contributed by atoms with van der Waals surface area (Å²) in [6.45, 7) is 0. The van der Waals surface area contributed by atoms with Crippen molar-refractivity contribution >= 4 is 15.9 Å². The van der Waals surface area contributed by atoms with Gasteiger partial charge in [-0.1, -0.05) is 0 Å². The van der Waals surface area contributed by atoms with Crippen molar-refractivity contribution in [3.05, 3.63) is 46.8 Å². The molecule has 16 heavy (non-hydrogen) atoms. The molecule has 0 amide bonds. The van der Waals surface area contributed by atoms with E-state index in [1.54, 1.807) is 0 Å². The van der Waals surface area contributed by atoms with Crippen molar-refractivity contribution in [2.75, 3.05) is 0 Å². The van der Waals surface area contributed by atoms with Gasteiger partial charge in [-0.05, 0) is 28.1 Å². The first kappa shape index (κ1) is 10.9. The number of ether oxygens (including phenoxy) is 1. The molecule has 0 saturated heterocycles. The van der Waals surface area contributed by atoms with E-state index < -0.39 is 11.8 Å². The van der Waals surface area contributed by atoms with Crippen LogP contribution in [0.2, 0.25) is 0 Å². The Kier molecular flexibility index (Phi) is 3.09. The zero-order chi connectivity index (χ0) is 11.5. The standard InChI is InChI=1S/C10H5BrF2N2O/c11-7-2-1-6(12)3-8(7)16-10-4-9(13)14-5-15-10/h1-5H.